The number of morpholine rings is 1. The fraction of sp³-hybridized carbons (Fsp3) is 0.273. The van der Waals surface area contributed by atoms with E-state index in [1.807, 2.05) is 32.3 Å². The molecule has 1 aromatic carbocycles. The smallest absolute Gasteiger partial charge is 0.134 e. The fourth-order valence-electron chi connectivity index (χ4n) is 3.27. The first kappa shape index (κ1) is 21.1. The van der Waals surface area contributed by atoms with Crippen molar-refractivity contribution in [3.05, 3.63) is 65.5 Å². The zero-order valence-corrected chi connectivity index (χ0v) is 18.1. The molecule has 31 heavy (non-hydrogen) atoms. The van der Waals surface area contributed by atoms with Gasteiger partial charge in [-0.15, -0.1) is 0 Å². The summed E-state index contributed by atoms with van der Waals surface area (Å²) in [5.74, 6) is 0.322. The average Bonchev–Trinajstić information content (AvgIpc) is 3.25. The van der Waals surface area contributed by atoms with Crippen molar-refractivity contribution in [1.82, 2.24) is 24.7 Å². The van der Waals surface area contributed by atoms with Crippen molar-refractivity contribution in [1.29, 1.82) is 0 Å². The van der Waals surface area contributed by atoms with Crippen LogP contribution < -0.4 is 4.90 Å². The molecule has 1 fully saturated rings. The quantitative estimate of drug-likeness (QED) is 0.468. The van der Waals surface area contributed by atoms with Crippen LogP contribution in [-0.2, 0) is 11.8 Å². The molecule has 0 radical (unpaired) electrons. The zero-order valence-electron chi connectivity index (χ0n) is 17.3. The molecule has 3 aromatic heterocycles. The molecule has 160 valence electrons. The van der Waals surface area contributed by atoms with E-state index in [0.29, 0.717) is 40.5 Å². The molecule has 4 aromatic rings. The highest BCUT2D eigenvalue weighted by molar-refractivity contribution is 6.30. The van der Waals surface area contributed by atoms with E-state index < -0.39 is 5.82 Å². The van der Waals surface area contributed by atoms with Gasteiger partial charge in [0, 0.05) is 55.4 Å². The SMILES string of the molecule is Cc1cnc2c(-c3ccc(Cl)cc3F)nc(N3CCOCC3)cc2n1.Cn1cccn1. The number of halogens is 2. The van der Waals surface area contributed by atoms with Crippen LogP contribution in [0.4, 0.5) is 10.2 Å². The van der Waals surface area contributed by atoms with Gasteiger partial charge in [0.05, 0.1) is 24.4 Å². The molecule has 0 atom stereocenters. The predicted octanol–water partition coefficient (Wildman–Crippen LogP) is 4.05. The van der Waals surface area contributed by atoms with Gasteiger partial charge in [0.25, 0.3) is 0 Å². The van der Waals surface area contributed by atoms with E-state index in [1.54, 1.807) is 29.2 Å². The van der Waals surface area contributed by atoms with E-state index in [0.717, 1.165) is 24.6 Å². The number of ether oxygens (including phenoxy) is 1. The number of aryl methyl sites for hydroxylation is 2. The number of hydrogen-bond donors (Lipinski definition) is 0. The van der Waals surface area contributed by atoms with Crippen molar-refractivity contribution in [3.63, 3.8) is 0 Å². The van der Waals surface area contributed by atoms with Crippen molar-refractivity contribution in [2.75, 3.05) is 31.2 Å². The third kappa shape index (κ3) is 4.98. The van der Waals surface area contributed by atoms with Gasteiger partial charge in [-0.25, -0.2) is 14.4 Å². The summed E-state index contributed by atoms with van der Waals surface area (Å²) in [5, 5.41) is 4.18. The number of anilines is 1. The van der Waals surface area contributed by atoms with Gasteiger partial charge < -0.3 is 9.64 Å². The van der Waals surface area contributed by atoms with Gasteiger partial charge in [-0.3, -0.25) is 9.67 Å². The standard InChI is InChI=1S/C18H16ClFN4O.C4H6N2/c1-11-10-21-18-15(22-11)9-16(24-4-6-25-7-5-24)23-17(18)13-3-2-12(19)8-14(13)20;1-6-4-2-3-5-6/h2-3,8-10H,4-7H2,1H3;2-4H,1H3. The zero-order chi connectivity index (χ0) is 21.8. The molecule has 0 bridgehead atoms. The van der Waals surface area contributed by atoms with Gasteiger partial charge in [0.1, 0.15) is 22.8 Å². The maximum absolute atomic E-state index is 14.5. The lowest BCUT2D eigenvalue weighted by Crippen LogP contribution is -2.36. The van der Waals surface area contributed by atoms with Crippen LogP contribution in [0.3, 0.4) is 0 Å². The minimum Gasteiger partial charge on any atom is -0.378 e. The maximum atomic E-state index is 14.5. The summed E-state index contributed by atoms with van der Waals surface area (Å²) in [6.45, 7) is 4.64. The molecule has 1 aliphatic heterocycles. The molecule has 0 aliphatic carbocycles. The third-order valence-electron chi connectivity index (χ3n) is 4.79. The summed E-state index contributed by atoms with van der Waals surface area (Å²) >= 11 is 5.89. The lowest BCUT2D eigenvalue weighted by Gasteiger charge is -2.28. The Labute approximate surface area is 184 Å². The second-order valence-electron chi connectivity index (χ2n) is 7.11. The largest absolute Gasteiger partial charge is 0.378 e. The summed E-state index contributed by atoms with van der Waals surface area (Å²) in [6, 6.07) is 8.35. The molecular formula is C22H22ClFN6O. The first-order valence-corrected chi connectivity index (χ1v) is 10.2. The van der Waals surface area contributed by atoms with Gasteiger partial charge in [0.15, 0.2) is 0 Å². The van der Waals surface area contributed by atoms with E-state index >= 15 is 0 Å². The molecular weight excluding hydrogens is 419 g/mol. The van der Waals surface area contributed by atoms with E-state index in [4.69, 9.17) is 21.3 Å². The van der Waals surface area contributed by atoms with Crippen LogP contribution in [0.1, 0.15) is 5.69 Å². The number of nitrogens with zero attached hydrogens (tertiary/aromatic N) is 6. The van der Waals surface area contributed by atoms with Crippen molar-refractivity contribution < 1.29 is 9.13 Å². The molecule has 4 heterocycles. The molecule has 1 saturated heterocycles. The molecule has 7 nitrogen and oxygen atoms in total. The number of aromatic nitrogens is 5. The molecule has 0 N–H and O–H groups in total. The Hall–Kier alpha value is -3.10. The number of rotatable bonds is 2. The summed E-state index contributed by atoms with van der Waals surface area (Å²) in [6.07, 6.45) is 5.30. The number of benzene rings is 1. The molecule has 9 heteroatoms. The summed E-state index contributed by atoms with van der Waals surface area (Å²) in [4.78, 5) is 15.8. The first-order valence-electron chi connectivity index (χ1n) is 9.87. The Bertz CT molecular complexity index is 1180. The van der Waals surface area contributed by atoms with Crippen molar-refractivity contribution in [3.8, 4) is 11.3 Å². The van der Waals surface area contributed by atoms with Crippen LogP contribution in [0.2, 0.25) is 5.02 Å². The van der Waals surface area contributed by atoms with Crippen LogP contribution in [0.15, 0.2) is 48.9 Å². The summed E-state index contributed by atoms with van der Waals surface area (Å²) in [7, 11) is 1.89. The van der Waals surface area contributed by atoms with Gasteiger partial charge in [-0.1, -0.05) is 11.6 Å². The molecule has 0 amide bonds. The lowest BCUT2D eigenvalue weighted by molar-refractivity contribution is 0.122. The molecule has 5 rings (SSSR count). The Morgan fingerprint density at radius 3 is 2.58 bits per heavy atom. The molecule has 0 spiro atoms. The van der Waals surface area contributed by atoms with Gasteiger partial charge in [-0.2, -0.15) is 5.10 Å². The Kier molecular flexibility index (Phi) is 6.39. The normalized spacial score (nSPS) is 13.7. The van der Waals surface area contributed by atoms with E-state index in [9.17, 15) is 4.39 Å². The maximum Gasteiger partial charge on any atom is 0.134 e. The van der Waals surface area contributed by atoms with Crippen LogP contribution >= 0.6 is 11.6 Å². The third-order valence-corrected chi connectivity index (χ3v) is 5.03. The van der Waals surface area contributed by atoms with E-state index in [1.165, 1.54) is 6.07 Å². The Morgan fingerprint density at radius 2 is 1.94 bits per heavy atom. The van der Waals surface area contributed by atoms with Crippen molar-refractivity contribution in [2.24, 2.45) is 7.05 Å². The van der Waals surface area contributed by atoms with Gasteiger partial charge in [0.2, 0.25) is 0 Å². The fourth-order valence-corrected chi connectivity index (χ4v) is 3.43. The molecule has 0 unspecified atom stereocenters. The van der Waals surface area contributed by atoms with Gasteiger partial charge in [-0.05, 0) is 31.2 Å². The number of pyridine rings is 1. The average molecular weight is 441 g/mol. The van der Waals surface area contributed by atoms with Crippen LogP contribution in [0.5, 0.6) is 0 Å². The molecule has 1 aliphatic rings. The van der Waals surface area contributed by atoms with Crippen LogP contribution in [-0.4, -0.2) is 51.0 Å². The van der Waals surface area contributed by atoms with Crippen LogP contribution in [0, 0.1) is 12.7 Å². The Balaban J connectivity index is 0.000000334. The second-order valence-corrected chi connectivity index (χ2v) is 7.55. The van der Waals surface area contributed by atoms with E-state index in [-0.39, 0.29) is 0 Å². The van der Waals surface area contributed by atoms with Crippen molar-refractivity contribution in [2.45, 2.75) is 6.92 Å². The molecule has 0 saturated carbocycles. The first-order chi connectivity index (χ1) is 15.0. The minimum absolute atomic E-state index is 0.344. The Morgan fingerprint density at radius 1 is 1.13 bits per heavy atom. The topological polar surface area (TPSA) is 69.0 Å². The highest BCUT2D eigenvalue weighted by atomic mass is 35.5. The number of fused-ring (bicyclic) bond motifs is 1. The number of hydrogen-bond acceptors (Lipinski definition) is 6. The summed E-state index contributed by atoms with van der Waals surface area (Å²) < 4.78 is 21.7. The monoisotopic (exact) mass is 440 g/mol. The van der Waals surface area contributed by atoms with Crippen molar-refractivity contribution >= 4 is 28.5 Å². The second kappa shape index (κ2) is 9.36. The summed E-state index contributed by atoms with van der Waals surface area (Å²) in [5.41, 5.74) is 2.90. The highest BCUT2D eigenvalue weighted by Crippen LogP contribution is 2.31. The highest BCUT2D eigenvalue weighted by Gasteiger charge is 2.19. The lowest BCUT2D eigenvalue weighted by atomic mass is 10.1. The van der Waals surface area contributed by atoms with Gasteiger partial charge >= 0.3 is 0 Å². The minimum atomic E-state index is -0.428. The predicted molar refractivity (Wildman–Crippen MR) is 119 cm³/mol. The van der Waals surface area contributed by atoms with Crippen LogP contribution in [0.25, 0.3) is 22.3 Å². The van der Waals surface area contributed by atoms with E-state index in [2.05, 4.69) is 20.0 Å².